The third kappa shape index (κ3) is 2.75. The van der Waals surface area contributed by atoms with Crippen LogP contribution in [0.25, 0.3) is 10.9 Å². The van der Waals surface area contributed by atoms with Crippen molar-refractivity contribution in [3.05, 3.63) is 63.7 Å². The number of methoxy groups -OCH3 is 1. The predicted octanol–water partition coefficient (Wildman–Crippen LogP) is 2.25. The van der Waals surface area contributed by atoms with E-state index < -0.39 is 5.92 Å². The zero-order valence-corrected chi connectivity index (χ0v) is 12.9. The van der Waals surface area contributed by atoms with Crippen LogP contribution < -0.4 is 5.56 Å². The molecule has 2 N–H and O–H groups in total. The maximum atomic E-state index is 12.2. The van der Waals surface area contributed by atoms with Gasteiger partial charge in [0.05, 0.1) is 19.0 Å². The van der Waals surface area contributed by atoms with Crippen LogP contribution in [0.3, 0.4) is 0 Å². The number of aromatic nitrogens is 3. The van der Waals surface area contributed by atoms with Crippen LogP contribution >= 0.6 is 0 Å². The van der Waals surface area contributed by atoms with Crippen molar-refractivity contribution in [2.45, 2.75) is 19.3 Å². The summed E-state index contributed by atoms with van der Waals surface area (Å²) in [6, 6.07) is 9.56. The molecule has 0 saturated heterocycles. The first-order valence-corrected chi connectivity index (χ1v) is 7.29. The van der Waals surface area contributed by atoms with Crippen LogP contribution in [-0.2, 0) is 9.53 Å². The number of rotatable bonds is 4. The molecule has 0 spiro atoms. The lowest BCUT2D eigenvalue weighted by Gasteiger charge is -2.17. The second-order valence-electron chi connectivity index (χ2n) is 5.37. The largest absolute Gasteiger partial charge is 0.469 e. The molecule has 0 aliphatic carbocycles. The van der Waals surface area contributed by atoms with E-state index in [0.29, 0.717) is 11.3 Å². The van der Waals surface area contributed by atoms with Crippen LogP contribution in [0.1, 0.15) is 29.2 Å². The van der Waals surface area contributed by atoms with E-state index >= 15 is 0 Å². The Morgan fingerprint density at radius 3 is 2.74 bits per heavy atom. The summed E-state index contributed by atoms with van der Waals surface area (Å²) in [5, 5.41) is 6.35. The minimum atomic E-state index is -0.420. The van der Waals surface area contributed by atoms with Gasteiger partial charge in [-0.05, 0) is 18.6 Å². The SMILES string of the molecule is COC(=O)CC(c1c(C)[nH][nH]c1=O)c1cccc2cccnc12. The highest BCUT2D eigenvalue weighted by Crippen LogP contribution is 2.32. The molecule has 2 heterocycles. The van der Waals surface area contributed by atoms with Gasteiger partial charge in [-0.3, -0.25) is 19.7 Å². The molecular formula is C17H17N3O3. The van der Waals surface area contributed by atoms with Gasteiger partial charge in [-0.25, -0.2) is 0 Å². The standard InChI is InChI=1S/C17H17N3O3/c1-10-15(17(22)20-19-10)13(9-14(21)23-2)12-7-3-5-11-6-4-8-18-16(11)12/h3-8,13H,9H2,1-2H3,(H2,19,20,22). The molecule has 0 aliphatic rings. The van der Waals surface area contributed by atoms with E-state index in [0.717, 1.165) is 16.5 Å². The molecule has 3 aromatic rings. The molecular weight excluding hydrogens is 294 g/mol. The summed E-state index contributed by atoms with van der Waals surface area (Å²) in [7, 11) is 1.34. The first-order valence-electron chi connectivity index (χ1n) is 7.29. The molecule has 6 heteroatoms. The number of nitrogens with one attached hydrogen (secondary N) is 2. The van der Waals surface area contributed by atoms with Crippen molar-refractivity contribution in [2.75, 3.05) is 7.11 Å². The highest BCUT2D eigenvalue weighted by molar-refractivity contribution is 5.83. The Labute approximate surface area is 132 Å². The van der Waals surface area contributed by atoms with Crippen LogP contribution in [0.15, 0.2) is 41.3 Å². The molecule has 6 nitrogen and oxygen atoms in total. The zero-order chi connectivity index (χ0) is 16.4. The van der Waals surface area contributed by atoms with Gasteiger partial charge < -0.3 is 9.84 Å². The van der Waals surface area contributed by atoms with Gasteiger partial charge in [0.1, 0.15) is 0 Å². The van der Waals surface area contributed by atoms with E-state index in [2.05, 4.69) is 15.2 Å². The molecule has 1 aromatic carbocycles. The number of fused-ring (bicyclic) bond motifs is 1. The average Bonchev–Trinajstić information content (AvgIpc) is 2.91. The number of carbonyl (C=O) groups excluding carboxylic acids is 1. The van der Waals surface area contributed by atoms with Crippen LogP contribution in [0.2, 0.25) is 0 Å². The number of pyridine rings is 1. The average molecular weight is 311 g/mol. The van der Waals surface area contributed by atoms with Gasteiger partial charge >= 0.3 is 5.97 Å². The Bertz CT molecular complexity index is 905. The van der Waals surface area contributed by atoms with Crippen LogP contribution in [-0.4, -0.2) is 28.3 Å². The first-order chi connectivity index (χ1) is 11.1. The Morgan fingerprint density at radius 2 is 2.04 bits per heavy atom. The van der Waals surface area contributed by atoms with Crippen molar-refractivity contribution in [2.24, 2.45) is 0 Å². The number of aromatic amines is 2. The summed E-state index contributed by atoms with van der Waals surface area (Å²) in [5.41, 5.74) is 2.63. The van der Waals surface area contributed by atoms with Gasteiger partial charge in [-0.1, -0.05) is 24.3 Å². The highest BCUT2D eigenvalue weighted by atomic mass is 16.5. The summed E-state index contributed by atoms with van der Waals surface area (Å²) >= 11 is 0. The maximum absolute atomic E-state index is 12.2. The second-order valence-corrected chi connectivity index (χ2v) is 5.37. The second kappa shape index (κ2) is 6.08. The molecule has 0 saturated carbocycles. The summed E-state index contributed by atoms with van der Waals surface area (Å²) in [4.78, 5) is 28.5. The first kappa shape index (κ1) is 15.0. The van der Waals surface area contributed by atoms with Gasteiger partial charge in [0.2, 0.25) is 0 Å². The van der Waals surface area contributed by atoms with Gasteiger partial charge in [0, 0.05) is 28.8 Å². The molecule has 0 fully saturated rings. The van der Waals surface area contributed by atoms with E-state index in [9.17, 15) is 9.59 Å². The number of esters is 1. The van der Waals surface area contributed by atoms with Crippen molar-refractivity contribution in [3.8, 4) is 0 Å². The lowest BCUT2D eigenvalue weighted by atomic mass is 9.87. The molecule has 0 amide bonds. The molecule has 118 valence electrons. The Hall–Kier alpha value is -2.89. The van der Waals surface area contributed by atoms with E-state index in [1.165, 1.54) is 7.11 Å². The molecule has 0 aliphatic heterocycles. The van der Waals surface area contributed by atoms with Crippen molar-refractivity contribution < 1.29 is 9.53 Å². The van der Waals surface area contributed by atoms with E-state index in [1.54, 1.807) is 13.1 Å². The molecule has 23 heavy (non-hydrogen) atoms. The predicted molar refractivity (Wildman–Crippen MR) is 86.4 cm³/mol. The van der Waals surface area contributed by atoms with Crippen LogP contribution in [0.4, 0.5) is 0 Å². The smallest absolute Gasteiger partial charge is 0.306 e. The summed E-state index contributed by atoms with van der Waals surface area (Å²) in [6.07, 6.45) is 1.78. The number of carbonyl (C=O) groups is 1. The molecule has 2 aromatic heterocycles. The van der Waals surface area contributed by atoms with Gasteiger partial charge in [0.15, 0.2) is 0 Å². The Balaban J connectivity index is 2.22. The van der Waals surface area contributed by atoms with Gasteiger partial charge in [0.25, 0.3) is 5.56 Å². The number of hydrogen-bond donors (Lipinski definition) is 2. The van der Waals surface area contributed by atoms with E-state index in [-0.39, 0.29) is 17.9 Å². The third-order valence-electron chi connectivity index (χ3n) is 4.00. The molecule has 3 rings (SSSR count). The molecule has 1 unspecified atom stereocenters. The number of para-hydroxylation sites is 1. The topological polar surface area (TPSA) is 87.8 Å². The Morgan fingerprint density at radius 1 is 1.26 bits per heavy atom. The molecule has 0 radical (unpaired) electrons. The minimum Gasteiger partial charge on any atom is -0.469 e. The molecule has 1 atom stereocenters. The third-order valence-corrected chi connectivity index (χ3v) is 4.00. The van der Waals surface area contributed by atoms with Crippen molar-refractivity contribution in [1.82, 2.24) is 15.2 Å². The van der Waals surface area contributed by atoms with Gasteiger partial charge in [-0.15, -0.1) is 0 Å². The fourth-order valence-electron chi connectivity index (χ4n) is 2.90. The zero-order valence-electron chi connectivity index (χ0n) is 12.9. The number of benzene rings is 1. The number of ether oxygens (including phenoxy) is 1. The number of hydrogen-bond acceptors (Lipinski definition) is 4. The lowest BCUT2D eigenvalue weighted by Crippen LogP contribution is -2.17. The van der Waals surface area contributed by atoms with Crippen LogP contribution in [0, 0.1) is 6.92 Å². The van der Waals surface area contributed by atoms with Crippen molar-refractivity contribution >= 4 is 16.9 Å². The maximum Gasteiger partial charge on any atom is 0.306 e. The quantitative estimate of drug-likeness (QED) is 0.723. The van der Waals surface area contributed by atoms with Gasteiger partial charge in [-0.2, -0.15) is 0 Å². The van der Waals surface area contributed by atoms with E-state index in [1.807, 2.05) is 30.3 Å². The van der Waals surface area contributed by atoms with Crippen molar-refractivity contribution in [1.29, 1.82) is 0 Å². The van der Waals surface area contributed by atoms with Crippen LogP contribution in [0.5, 0.6) is 0 Å². The number of H-pyrrole nitrogens is 2. The van der Waals surface area contributed by atoms with Crippen molar-refractivity contribution in [3.63, 3.8) is 0 Å². The van der Waals surface area contributed by atoms with E-state index in [4.69, 9.17) is 4.74 Å². The summed E-state index contributed by atoms with van der Waals surface area (Å²) < 4.78 is 4.81. The summed E-state index contributed by atoms with van der Waals surface area (Å²) in [6.45, 7) is 1.80. The lowest BCUT2D eigenvalue weighted by molar-refractivity contribution is -0.140. The normalized spacial score (nSPS) is 12.3. The monoisotopic (exact) mass is 311 g/mol. The molecule has 0 bridgehead atoms. The fraction of sp³-hybridized carbons (Fsp3) is 0.235. The number of nitrogens with zero attached hydrogens (tertiary/aromatic N) is 1. The number of aryl methyl sites for hydroxylation is 1. The minimum absolute atomic E-state index is 0.0773. The fourth-order valence-corrected chi connectivity index (χ4v) is 2.90. The highest BCUT2D eigenvalue weighted by Gasteiger charge is 2.26. The Kier molecular flexibility index (Phi) is 3.97. The summed E-state index contributed by atoms with van der Waals surface area (Å²) in [5.74, 6) is -0.793.